The second kappa shape index (κ2) is 4.91. The Hall–Kier alpha value is -1.87. The molecule has 104 valence electrons. The van der Waals surface area contributed by atoms with Crippen LogP contribution < -0.4 is 10.6 Å². The van der Waals surface area contributed by atoms with Crippen LogP contribution in [0.3, 0.4) is 0 Å². The SMILES string of the molecule is Cc1cc(N2CCc3ccccc32)c([C@H](C)N)cc1F. The number of fused-ring (bicyclic) bond motifs is 1. The number of halogens is 1. The van der Waals surface area contributed by atoms with Gasteiger partial charge >= 0.3 is 0 Å². The summed E-state index contributed by atoms with van der Waals surface area (Å²) in [6, 6.07) is 11.7. The summed E-state index contributed by atoms with van der Waals surface area (Å²) in [7, 11) is 0. The monoisotopic (exact) mass is 270 g/mol. The molecule has 2 aromatic rings. The molecule has 1 atom stereocenters. The Balaban J connectivity index is 2.14. The van der Waals surface area contributed by atoms with Crippen molar-refractivity contribution in [2.75, 3.05) is 11.4 Å². The molecule has 0 aliphatic carbocycles. The first-order valence-corrected chi connectivity index (χ1v) is 6.99. The first-order chi connectivity index (χ1) is 9.58. The highest BCUT2D eigenvalue weighted by atomic mass is 19.1. The maximum absolute atomic E-state index is 13.8. The van der Waals surface area contributed by atoms with Gasteiger partial charge in [0, 0.05) is 24.0 Å². The molecule has 0 unspecified atom stereocenters. The number of benzene rings is 2. The summed E-state index contributed by atoms with van der Waals surface area (Å²) in [5.74, 6) is -0.187. The highest BCUT2D eigenvalue weighted by Gasteiger charge is 2.23. The molecule has 3 heteroatoms. The molecule has 2 N–H and O–H groups in total. The van der Waals surface area contributed by atoms with Crippen molar-refractivity contribution >= 4 is 11.4 Å². The Kier molecular flexibility index (Phi) is 3.22. The predicted octanol–water partition coefficient (Wildman–Crippen LogP) is 3.85. The third-order valence-electron chi connectivity index (χ3n) is 3.98. The van der Waals surface area contributed by atoms with Crippen LogP contribution in [0.5, 0.6) is 0 Å². The van der Waals surface area contributed by atoms with Crippen LogP contribution in [0.2, 0.25) is 0 Å². The molecule has 0 fully saturated rings. The molecule has 2 nitrogen and oxygen atoms in total. The van der Waals surface area contributed by atoms with Crippen molar-refractivity contribution in [1.82, 2.24) is 0 Å². The number of anilines is 2. The Morgan fingerprint density at radius 2 is 1.95 bits per heavy atom. The molecule has 3 rings (SSSR count). The van der Waals surface area contributed by atoms with Crippen LogP contribution in [-0.4, -0.2) is 6.54 Å². The van der Waals surface area contributed by atoms with E-state index in [9.17, 15) is 4.39 Å². The number of rotatable bonds is 2. The van der Waals surface area contributed by atoms with Crippen molar-refractivity contribution in [3.05, 3.63) is 58.9 Å². The van der Waals surface area contributed by atoms with Gasteiger partial charge < -0.3 is 10.6 Å². The van der Waals surface area contributed by atoms with Crippen LogP contribution >= 0.6 is 0 Å². The molecule has 0 spiro atoms. The number of hydrogen-bond acceptors (Lipinski definition) is 2. The minimum atomic E-state index is -0.187. The molecule has 0 amide bonds. The van der Waals surface area contributed by atoms with Gasteiger partial charge in [-0.3, -0.25) is 0 Å². The second-order valence-electron chi connectivity index (χ2n) is 5.48. The topological polar surface area (TPSA) is 29.3 Å². The van der Waals surface area contributed by atoms with E-state index in [4.69, 9.17) is 5.73 Å². The van der Waals surface area contributed by atoms with E-state index in [1.807, 2.05) is 19.1 Å². The summed E-state index contributed by atoms with van der Waals surface area (Å²) in [4.78, 5) is 2.25. The molecule has 0 saturated carbocycles. The summed E-state index contributed by atoms with van der Waals surface area (Å²) in [6.45, 7) is 4.62. The van der Waals surface area contributed by atoms with Gasteiger partial charge in [-0.1, -0.05) is 18.2 Å². The smallest absolute Gasteiger partial charge is 0.126 e. The number of para-hydroxylation sites is 1. The zero-order chi connectivity index (χ0) is 14.3. The lowest BCUT2D eigenvalue weighted by atomic mass is 10.0. The molecule has 1 aliphatic rings. The summed E-state index contributed by atoms with van der Waals surface area (Å²) in [5.41, 5.74) is 11.1. The normalized spacial score (nSPS) is 15.3. The van der Waals surface area contributed by atoms with Crippen LogP contribution in [0.1, 0.15) is 29.7 Å². The molecule has 0 aromatic heterocycles. The second-order valence-corrected chi connectivity index (χ2v) is 5.48. The van der Waals surface area contributed by atoms with Crippen molar-refractivity contribution in [2.24, 2.45) is 5.73 Å². The summed E-state index contributed by atoms with van der Waals surface area (Å²) >= 11 is 0. The van der Waals surface area contributed by atoms with Crippen LogP contribution in [0.25, 0.3) is 0 Å². The fraction of sp³-hybridized carbons (Fsp3) is 0.294. The van der Waals surface area contributed by atoms with Gasteiger partial charge in [-0.15, -0.1) is 0 Å². The lowest BCUT2D eigenvalue weighted by Gasteiger charge is -2.25. The number of aryl methyl sites for hydroxylation is 1. The molecule has 0 radical (unpaired) electrons. The first-order valence-electron chi connectivity index (χ1n) is 6.99. The van der Waals surface area contributed by atoms with Crippen molar-refractivity contribution in [3.63, 3.8) is 0 Å². The molecular formula is C17H19FN2. The Morgan fingerprint density at radius 3 is 2.70 bits per heavy atom. The van der Waals surface area contributed by atoms with E-state index in [0.717, 1.165) is 24.2 Å². The lowest BCUT2D eigenvalue weighted by molar-refractivity contribution is 0.613. The Bertz CT molecular complexity index is 649. The van der Waals surface area contributed by atoms with Crippen LogP contribution in [0.4, 0.5) is 15.8 Å². The molecule has 1 heterocycles. The zero-order valence-corrected chi connectivity index (χ0v) is 11.9. The highest BCUT2D eigenvalue weighted by molar-refractivity contribution is 5.73. The first kappa shape index (κ1) is 13.1. The molecule has 0 saturated heterocycles. The van der Waals surface area contributed by atoms with Crippen molar-refractivity contribution in [3.8, 4) is 0 Å². The van der Waals surface area contributed by atoms with E-state index in [1.54, 1.807) is 13.0 Å². The zero-order valence-electron chi connectivity index (χ0n) is 11.9. The van der Waals surface area contributed by atoms with E-state index >= 15 is 0 Å². The van der Waals surface area contributed by atoms with E-state index in [2.05, 4.69) is 23.1 Å². The van der Waals surface area contributed by atoms with E-state index in [-0.39, 0.29) is 11.9 Å². The van der Waals surface area contributed by atoms with Crippen molar-refractivity contribution in [2.45, 2.75) is 26.3 Å². The predicted molar refractivity (Wildman–Crippen MR) is 80.9 cm³/mol. The van der Waals surface area contributed by atoms with Gasteiger partial charge in [0.2, 0.25) is 0 Å². The fourth-order valence-corrected chi connectivity index (χ4v) is 2.87. The minimum Gasteiger partial charge on any atom is -0.341 e. The van der Waals surface area contributed by atoms with Gasteiger partial charge in [0.15, 0.2) is 0 Å². The molecule has 20 heavy (non-hydrogen) atoms. The summed E-state index contributed by atoms with van der Waals surface area (Å²) in [6.07, 6.45) is 1.02. The van der Waals surface area contributed by atoms with Gasteiger partial charge in [-0.05, 0) is 55.2 Å². The van der Waals surface area contributed by atoms with E-state index in [1.165, 1.54) is 11.3 Å². The maximum atomic E-state index is 13.8. The van der Waals surface area contributed by atoms with Crippen LogP contribution in [0, 0.1) is 12.7 Å². The number of nitrogens with two attached hydrogens (primary N) is 1. The summed E-state index contributed by atoms with van der Waals surface area (Å²) in [5, 5.41) is 0. The van der Waals surface area contributed by atoms with Crippen molar-refractivity contribution in [1.29, 1.82) is 0 Å². The van der Waals surface area contributed by atoms with Crippen LogP contribution in [-0.2, 0) is 6.42 Å². The Morgan fingerprint density at radius 1 is 1.20 bits per heavy atom. The van der Waals surface area contributed by atoms with Gasteiger partial charge in [0.1, 0.15) is 5.82 Å². The summed E-state index contributed by atoms with van der Waals surface area (Å²) < 4.78 is 13.8. The Labute approximate surface area is 119 Å². The van der Waals surface area contributed by atoms with Gasteiger partial charge in [-0.2, -0.15) is 0 Å². The standard InChI is InChI=1S/C17H19FN2/c1-11-9-17(14(12(2)19)10-15(11)18)20-8-7-13-5-3-4-6-16(13)20/h3-6,9-10,12H,7-8,19H2,1-2H3/t12-/m0/s1. The van der Waals surface area contributed by atoms with E-state index < -0.39 is 0 Å². The van der Waals surface area contributed by atoms with Gasteiger partial charge in [0.25, 0.3) is 0 Å². The van der Waals surface area contributed by atoms with Crippen LogP contribution in [0.15, 0.2) is 36.4 Å². The average molecular weight is 270 g/mol. The van der Waals surface area contributed by atoms with Gasteiger partial charge in [-0.25, -0.2) is 4.39 Å². The highest BCUT2D eigenvalue weighted by Crippen LogP contribution is 2.38. The third-order valence-corrected chi connectivity index (χ3v) is 3.98. The molecule has 2 aromatic carbocycles. The number of hydrogen-bond donors (Lipinski definition) is 1. The largest absolute Gasteiger partial charge is 0.341 e. The third kappa shape index (κ3) is 2.08. The van der Waals surface area contributed by atoms with Crippen molar-refractivity contribution < 1.29 is 4.39 Å². The molecular weight excluding hydrogens is 251 g/mol. The molecule has 0 bridgehead atoms. The maximum Gasteiger partial charge on any atom is 0.126 e. The van der Waals surface area contributed by atoms with E-state index in [0.29, 0.717) is 5.56 Å². The average Bonchev–Trinajstić information content (AvgIpc) is 2.85. The number of nitrogens with zero attached hydrogens (tertiary/aromatic N) is 1. The van der Waals surface area contributed by atoms with Gasteiger partial charge in [0.05, 0.1) is 0 Å². The lowest BCUT2D eigenvalue weighted by Crippen LogP contribution is -2.18. The quantitative estimate of drug-likeness (QED) is 0.898. The fourth-order valence-electron chi connectivity index (χ4n) is 2.87. The minimum absolute atomic E-state index is 0.187. The molecule has 1 aliphatic heterocycles.